The van der Waals surface area contributed by atoms with Gasteiger partial charge in [-0.15, -0.1) is 0 Å². The molecule has 0 fully saturated rings. The minimum Gasteiger partial charge on any atom is -0.491 e. The van der Waals surface area contributed by atoms with Crippen molar-refractivity contribution in [2.24, 2.45) is 4.99 Å². The number of nitrogens with zero attached hydrogens (tertiary/aromatic N) is 2. The number of furan rings is 1. The van der Waals surface area contributed by atoms with Crippen molar-refractivity contribution in [1.82, 2.24) is 4.57 Å². The Morgan fingerprint density at radius 2 is 2.06 bits per heavy atom. The van der Waals surface area contributed by atoms with Gasteiger partial charge in [-0.1, -0.05) is 35.6 Å². The monoisotopic (exact) mass is 478 g/mol. The number of carbonyl (C=O) groups is 1. The molecule has 0 spiro atoms. The standard InChI is InChI=1S/C26H26N2O5S/c1-5-31-25(30)22-17(4)27-26-28(23(22)19-12-6-7-13-20(19)33-16(2)3)24(29)21(34-26)14-8-10-18-11-9-15-32-18/h6-16,23H,5H2,1-4H3/b10-8+,21-14+/t23-/m1/s1. The Kier molecular flexibility index (Phi) is 6.98. The third kappa shape index (κ3) is 4.68. The van der Waals surface area contributed by atoms with Crippen molar-refractivity contribution in [3.8, 4) is 5.75 Å². The van der Waals surface area contributed by atoms with Gasteiger partial charge in [-0.2, -0.15) is 0 Å². The molecule has 0 saturated carbocycles. The molecule has 0 amide bonds. The number of benzene rings is 1. The molecule has 0 aliphatic carbocycles. The lowest BCUT2D eigenvalue weighted by Gasteiger charge is -2.26. The first kappa shape index (κ1) is 23.5. The molecule has 1 aromatic carbocycles. The van der Waals surface area contributed by atoms with E-state index in [1.165, 1.54) is 11.3 Å². The molecule has 1 atom stereocenters. The first-order valence-electron chi connectivity index (χ1n) is 11.1. The molecular formula is C26H26N2O5S. The van der Waals surface area contributed by atoms with Crippen LogP contribution in [0.25, 0.3) is 12.2 Å². The van der Waals surface area contributed by atoms with Crippen LogP contribution in [0.3, 0.4) is 0 Å². The van der Waals surface area contributed by atoms with Crippen molar-refractivity contribution in [2.45, 2.75) is 39.8 Å². The number of rotatable bonds is 7. The Morgan fingerprint density at radius 3 is 2.76 bits per heavy atom. The molecule has 176 valence electrons. The first-order chi connectivity index (χ1) is 16.4. The average Bonchev–Trinajstić information content (AvgIpc) is 3.41. The highest BCUT2D eigenvalue weighted by Crippen LogP contribution is 2.36. The van der Waals surface area contributed by atoms with Crippen LogP contribution in [0.4, 0.5) is 0 Å². The lowest BCUT2D eigenvalue weighted by molar-refractivity contribution is -0.139. The first-order valence-corrected chi connectivity index (χ1v) is 11.9. The smallest absolute Gasteiger partial charge is 0.338 e. The number of thiazole rings is 1. The highest BCUT2D eigenvalue weighted by Gasteiger charge is 2.35. The van der Waals surface area contributed by atoms with E-state index in [9.17, 15) is 9.59 Å². The predicted molar refractivity (Wildman–Crippen MR) is 131 cm³/mol. The minimum absolute atomic E-state index is 0.0835. The van der Waals surface area contributed by atoms with Gasteiger partial charge in [0.2, 0.25) is 0 Å². The number of ether oxygens (including phenoxy) is 2. The minimum atomic E-state index is -0.721. The zero-order valence-corrected chi connectivity index (χ0v) is 20.3. The molecule has 0 N–H and O–H groups in total. The summed E-state index contributed by atoms with van der Waals surface area (Å²) in [6, 6.07) is 10.3. The second-order valence-electron chi connectivity index (χ2n) is 7.90. The Morgan fingerprint density at radius 1 is 1.26 bits per heavy atom. The van der Waals surface area contributed by atoms with E-state index in [0.717, 1.165) is 0 Å². The van der Waals surface area contributed by atoms with Crippen molar-refractivity contribution in [3.05, 3.63) is 91.0 Å². The summed E-state index contributed by atoms with van der Waals surface area (Å²) < 4.78 is 18.7. The number of esters is 1. The van der Waals surface area contributed by atoms with Gasteiger partial charge in [0.1, 0.15) is 17.6 Å². The van der Waals surface area contributed by atoms with Crippen molar-refractivity contribution < 1.29 is 18.7 Å². The molecule has 3 aromatic rings. The average molecular weight is 479 g/mol. The zero-order valence-electron chi connectivity index (χ0n) is 19.5. The summed E-state index contributed by atoms with van der Waals surface area (Å²) in [5, 5.41) is 0. The Labute approximate surface area is 201 Å². The van der Waals surface area contributed by atoms with Gasteiger partial charge >= 0.3 is 5.97 Å². The van der Waals surface area contributed by atoms with Crippen LogP contribution in [0, 0.1) is 0 Å². The van der Waals surface area contributed by atoms with E-state index >= 15 is 0 Å². The molecule has 0 unspecified atom stereocenters. The number of hydrogen-bond acceptors (Lipinski definition) is 7. The van der Waals surface area contributed by atoms with Gasteiger partial charge in [-0.05, 0) is 58.0 Å². The number of para-hydroxylation sites is 1. The number of allylic oxidation sites excluding steroid dienone is 2. The summed E-state index contributed by atoms with van der Waals surface area (Å²) in [6.45, 7) is 7.59. The van der Waals surface area contributed by atoms with Gasteiger partial charge in [-0.3, -0.25) is 9.36 Å². The summed E-state index contributed by atoms with van der Waals surface area (Å²) in [7, 11) is 0. The van der Waals surface area contributed by atoms with E-state index in [-0.39, 0.29) is 18.3 Å². The lowest BCUT2D eigenvalue weighted by atomic mass is 9.95. The summed E-state index contributed by atoms with van der Waals surface area (Å²) in [4.78, 5) is 31.7. The number of hydrogen-bond donors (Lipinski definition) is 0. The maximum atomic E-state index is 13.6. The second kappa shape index (κ2) is 10.1. The third-order valence-electron chi connectivity index (χ3n) is 5.14. The Hall–Kier alpha value is -3.65. The molecule has 4 rings (SSSR count). The van der Waals surface area contributed by atoms with E-state index < -0.39 is 12.0 Å². The van der Waals surface area contributed by atoms with Gasteiger partial charge in [0, 0.05) is 5.56 Å². The normalized spacial score (nSPS) is 16.1. The fourth-order valence-electron chi connectivity index (χ4n) is 3.78. The van der Waals surface area contributed by atoms with Crippen molar-refractivity contribution in [1.29, 1.82) is 0 Å². The van der Waals surface area contributed by atoms with E-state index in [1.54, 1.807) is 49.0 Å². The highest BCUT2D eigenvalue weighted by molar-refractivity contribution is 7.07. The van der Waals surface area contributed by atoms with Crippen molar-refractivity contribution >= 4 is 29.5 Å². The van der Waals surface area contributed by atoms with E-state index in [2.05, 4.69) is 4.99 Å². The number of aromatic nitrogens is 1. The number of fused-ring (bicyclic) bond motifs is 1. The van der Waals surface area contributed by atoms with Crippen LogP contribution < -0.4 is 19.6 Å². The molecule has 0 saturated heterocycles. The molecule has 34 heavy (non-hydrogen) atoms. The summed E-state index contributed by atoms with van der Waals surface area (Å²) in [5.41, 5.74) is 1.30. The molecule has 3 heterocycles. The molecular weight excluding hydrogens is 452 g/mol. The molecule has 0 radical (unpaired) electrons. The molecule has 1 aliphatic heterocycles. The molecule has 2 aromatic heterocycles. The van der Waals surface area contributed by atoms with Crippen LogP contribution in [0.2, 0.25) is 0 Å². The van der Waals surface area contributed by atoms with Crippen LogP contribution >= 0.6 is 11.3 Å². The molecule has 7 nitrogen and oxygen atoms in total. The predicted octanol–water partition coefficient (Wildman–Crippen LogP) is 3.84. The van der Waals surface area contributed by atoms with Gasteiger partial charge in [0.15, 0.2) is 4.80 Å². The SMILES string of the molecule is CCOC(=O)C1=C(C)N=c2s/c(=C/C=C/c3ccco3)c(=O)n2[C@@H]1c1ccccc1OC(C)C. The number of carbonyl (C=O) groups excluding carboxylic acids is 1. The van der Waals surface area contributed by atoms with Crippen LogP contribution in [0.1, 0.15) is 45.1 Å². The van der Waals surface area contributed by atoms with Gasteiger partial charge < -0.3 is 13.9 Å². The molecule has 0 bridgehead atoms. The second-order valence-corrected chi connectivity index (χ2v) is 8.91. The van der Waals surface area contributed by atoms with Crippen LogP contribution in [-0.4, -0.2) is 23.2 Å². The summed E-state index contributed by atoms with van der Waals surface area (Å²) in [5.74, 6) is 0.786. The maximum absolute atomic E-state index is 13.6. The molecule has 8 heteroatoms. The summed E-state index contributed by atoms with van der Waals surface area (Å²) in [6.07, 6.45) is 6.76. The van der Waals surface area contributed by atoms with E-state index in [0.29, 0.717) is 37.7 Å². The quantitative estimate of drug-likeness (QED) is 0.482. The van der Waals surface area contributed by atoms with Crippen LogP contribution in [0.15, 0.2) is 74.2 Å². The highest BCUT2D eigenvalue weighted by atomic mass is 32.1. The lowest BCUT2D eigenvalue weighted by Crippen LogP contribution is -2.40. The Bertz CT molecular complexity index is 1420. The van der Waals surface area contributed by atoms with E-state index in [1.807, 2.05) is 44.2 Å². The fraction of sp³-hybridized carbons (Fsp3) is 0.269. The summed E-state index contributed by atoms with van der Waals surface area (Å²) >= 11 is 1.27. The van der Waals surface area contributed by atoms with Gasteiger partial charge in [0.25, 0.3) is 5.56 Å². The van der Waals surface area contributed by atoms with Gasteiger partial charge in [0.05, 0.1) is 34.8 Å². The van der Waals surface area contributed by atoms with Crippen molar-refractivity contribution in [2.75, 3.05) is 6.61 Å². The van der Waals surface area contributed by atoms with Gasteiger partial charge in [-0.25, -0.2) is 9.79 Å². The largest absolute Gasteiger partial charge is 0.491 e. The van der Waals surface area contributed by atoms with Crippen molar-refractivity contribution in [3.63, 3.8) is 0 Å². The molecule has 1 aliphatic rings. The Balaban J connectivity index is 1.91. The third-order valence-corrected chi connectivity index (χ3v) is 6.15. The fourth-order valence-corrected chi connectivity index (χ4v) is 4.78. The van der Waals surface area contributed by atoms with Crippen LogP contribution in [-0.2, 0) is 9.53 Å². The van der Waals surface area contributed by atoms with Crippen LogP contribution in [0.5, 0.6) is 5.75 Å². The zero-order chi connectivity index (χ0) is 24.2. The topological polar surface area (TPSA) is 83.0 Å². The van der Waals surface area contributed by atoms with E-state index in [4.69, 9.17) is 13.9 Å². The maximum Gasteiger partial charge on any atom is 0.338 e.